The molecule has 24 heavy (non-hydrogen) atoms. The maximum absolute atomic E-state index is 12.5. The van der Waals surface area contributed by atoms with E-state index in [0.717, 1.165) is 11.3 Å². The van der Waals surface area contributed by atoms with Gasteiger partial charge in [-0.1, -0.05) is 0 Å². The van der Waals surface area contributed by atoms with Crippen molar-refractivity contribution >= 4 is 16.9 Å². The van der Waals surface area contributed by atoms with E-state index < -0.39 is 5.97 Å². The highest BCUT2D eigenvalue weighted by Gasteiger charge is 2.23. The van der Waals surface area contributed by atoms with E-state index >= 15 is 0 Å². The second-order valence-electron chi connectivity index (χ2n) is 5.12. The summed E-state index contributed by atoms with van der Waals surface area (Å²) in [5, 5.41) is 0.665. The summed E-state index contributed by atoms with van der Waals surface area (Å²) in [5.74, 6) is 1.43. The first-order valence-corrected chi connectivity index (χ1v) is 7.60. The number of fused-ring (bicyclic) bond motifs is 1. The zero-order chi connectivity index (χ0) is 17.1. The number of esters is 1. The number of hydrogen-bond acceptors (Lipinski definition) is 5. The summed E-state index contributed by atoms with van der Waals surface area (Å²) >= 11 is 0. The first-order chi connectivity index (χ1) is 11.7. The Balaban J connectivity index is 2.21. The number of rotatable bonds is 5. The first-order valence-electron chi connectivity index (χ1n) is 7.60. The molecule has 0 aliphatic heterocycles. The molecule has 0 radical (unpaired) electrons. The fourth-order valence-electron chi connectivity index (χ4n) is 2.56. The molecule has 0 N–H and O–H groups in total. The Labute approximate surface area is 139 Å². The van der Waals surface area contributed by atoms with Crippen molar-refractivity contribution in [3.05, 3.63) is 48.0 Å². The third-order valence-corrected chi connectivity index (χ3v) is 3.73. The first kappa shape index (κ1) is 15.9. The standard InChI is InChI=1S/C19H18O5/c1-4-23-19(20)17-15-11-14(22-3)9-10-16(15)24-18(17)12-5-7-13(21-2)8-6-12/h5-11H,4H2,1-3H3. The van der Waals surface area contributed by atoms with E-state index in [2.05, 4.69) is 0 Å². The zero-order valence-electron chi connectivity index (χ0n) is 13.8. The van der Waals surface area contributed by atoms with Crippen LogP contribution in [0.2, 0.25) is 0 Å². The van der Waals surface area contributed by atoms with Gasteiger partial charge in [0.15, 0.2) is 0 Å². The van der Waals surface area contributed by atoms with Crippen LogP contribution in [0.3, 0.4) is 0 Å². The van der Waals surface area contributed by atoms with Gasteiger partial charge in [0, 0.05) is 10.9 Å². The van der Waals surface area contributed by atoms with Crippen LogP contribution < -0.4 is 9.47 Å². The van der Waals surface area contributed by atoms with E-state index in [1.165, 1.54) is 0 Å². The molecule has 5 nitrogen and oxygen atoms in total. The SMILES string of the molecule is CCOC(=O)c1c(-c2ccc(OC)cc2)oc2ccc(OC)cc12. The minimum Gasteiger partial charge on any atom is -0.497 e. The third kappa shape index (κ3) is 2.80. The maximum atomic E-state index is 12.5. The molecule has 0 unspecified atom stereocenters. The lowest BCUT2D eigenvalue weighted by Gasteiger charge is -2.05. The Morgan fingerprint density at radius 3 is 2.29 bits per heavy atom. The fourth-order valence-corrected chi connectivity index (χ4v) is 2.56. The van der Waals surface area contributed by atoms with Crippen molar-refractivity contribution in [3.63, 3.8) is 0 Å². The Kier molecular flexibility index (Phi) is 4.42. The van der Waals surface area contributed by atoms with Crippen LogP contribution in [0.4, 0.5) is 0 Å². The van der Waals surface area contributed by atoms with Crippen molar-refractivity contribution < 1.29 is 23.4 Å². The van der Waals surface area contributed by atoms with Gasteiger partial charge in [-0.25, -0.2) is 4.79 Å². The van der Waals surface area contributed by atoms with E-state index in [9.17, 15) is 4.79 Å². The number of carbonyl (C=O) groups is 1. The van der Waals surface area contributed by atoms with Crippen molar-refractivity contribution in [3.8, 4) is 22.8 Å². The molecule has 0 saturated heterocycles. The van der Waals surface area contributed by atoms with E-state index in [0.29, 0.717) is 28.0 Å². The molecule has 0 saturated carbocycles. The van der Waals surface area contributed by atoms with E-state index in [4.69, 9.17) is 18.6 Å². The molecule has 0 fully saturated rings. The van der Waals surface area contributed by atoms with Gasteiger partial charge < -0.3 is 18.6 Å². The molecule has 0 atom stereocenters. The van der Waals surface area contributed by atoms with E-state index in [1.807, 2.05) is 24.3 Å². The van der Waals surface area contributed by atoms with Gasteiger partial charge in [-0.15, -0.1) is 0 Å². The molecule has 124 valence electrons. The summed E-state index contributed by atoms with van der Waals surface area (Å²) in [4.78, 5) is 12.5. The Morgan fingerprint density at radius 2 is 1.67 bits per heavy atom. The van der Waals surface area contributed by atoms with Crippen LogP contribution in [0.15, 0.2) is 46.9 Å². The molecule has 5 heteroatoms. The van der Waals surface area contributed by atoms with E-state index in [1.54, 1.807) is 39.3 Å². The summed E-state index contributed by atoms with van der Waals surface area (Å²) in [6.07, 6.45) is 0. The molecule has 3 rings (SSSR count). The molecule has 0 amide bonds. The molecular weight excluding hydrogens is 308 g/mol. The van der Waals surface area contributed by atoms with Gasteiger partial charge >= 0.3 is 5.97 Å². The quantitative estimate of drug-likeness (QED) is 0.655. The van der Waals surface area contributed by atoms with Crippen LogP contribution in [0.25, 0.3) is 22.3 Å². The lowest BCUT2D eigenvalue weighted by molar-refractivity contribution is 0.0529. The van der Waals surface area contributed by atoms with Gasteiger partial charge in [0.25, 0.3) is 0 Å². The molecule has 2 aromatic carbocycles. The minimum absolute atomic E-state index is 0.289. The molecule has 0 bridgehead atoms. The largest absolute Gasteiger partial charge is 0.497 e. The summed E-state index contributed by atoms with van der Waals surface area (Å²) < 4.78 is 21.6. The van der Waals surface area contributed by atoms with Crippen molar-refractivity contribution in [2.75, 3.05) is 20.8 Å². The molecule has 0 spiro atoms. The van der Waals surface area contributed by atoms with Gasteiger partial charge in [0.05, 0.1) is 20.8 Å². The number of benzene rings is 2. The molecule has 3 aromatic rings. The van der Waals surface area contributed by atoms with E-state index in [-0.39, 0.29) is 6.61 Å². The molecule has 1 heterocycles. The van der Waals surface area contributed by atoms with Crippen LogP contribution in [-0.2, 0) is 4.74 Å². The summed E-state index contributed by atoms with van der Waals surface area (Å²) in [6, 6.07) is 12.7. The average Bonchev–Trinajstić information content (AvgIpc) is 3.00. The number of carbonyl (C=O) groups excluding carboxylic acids is 1. The highest BCUT2D eigenvalue weighted by molar-refractivity contribution is 6.09. The Morgan fingerprint density at radius 1 is 1.00 bits per heavy atom. The Hall–Kier alpha value is -2.95. The Bertz CT molecular complexity index is 861. The lowest BCUT2D eigenvalue weighted by atomic mass is 10.1. The number of ether oxygens (including phenoxy) is 3. The smallest absolute Gasteiger partial charge is 0.342 e. The van der Waals surface area contributed by atoms with Gasteiger partial charge in [0.2, 0.25) is 0 Å². The van der Waals surface area contributed by atoms with Crippen molar-refractivity contribution in [2.45, 2.75) is 6.92 Å². The van der Waals surface area contributed by atoms with Gasteiger partial charge in [-0.3, -0.25) is 0 Å². The molecule has 0 aliphatic rings. The lowest BCUT2D eigenvalue weighted by Crippen LogP contribution is -2.05. The third-order valence-electron chi connectivity index (χ3n) is 3.73. The van der Waals surface area contributed by atoms with Crippen molar-refractivity contribution in [1.29, 1.82) is 0 Å². The van der Waals surface area contributed by atoms with Crippen molar-refractivity contribution in [2.24, 2.45) is 0 Å². The fraction of sp³-hybridized carbons (Fsp3) is 0.211. The monoisotopic (exact) mass is 326 g/mol. The molecule has 1 aromatic heterocycles. The van der Waals surface area contributed by atoms with Crippen LogP contribution in [0.5, 0.6) is 11.5 Å². The second-order valence-corrected chi connectivity index (χ2v) is 5.12. The number of hydrogen-bond donors (Lipinski definition) is 0. The van der Waals surface area contributed by atoms with Crippen LogP contribution in [-0.4, -0.2) is 26.8 Å². The number of methoxy groups -OCH3 is 2. The summed E-state index contributed by atoms with van der Waals surface area (Å²) in [7, 11) is 3.18. The van der Waals surface area contributed by atoms with Gasteiger partial charge in [-0.05, 0) is 49.4 Å². The predicted octanol–water partition coefficient (Wildman–Crippen LogP) is 4.29. The second kappa shape index (κ2) is 6.66. The normalized spacial score (nSPS) is 10.6. The average molecular weight is 326 g/mol. The van der Waals surface area contributed by atoms with Crippen molar-refractivity contribution in [1.82, 2.24) is 0 Å². The molecule has 0 aliphatic carbocycles. The van der Waals surface area contributed by atoms with Gasteiger partial charge in [-0.2, -0.15) is 0 Å². The van der Waals surface area contributed by atoms with Crippen LogP contribution >= 0.6 is 0 Å². The van der Waals surface area contributed by atoms with Crippen LogP contribution in [0, 0.1) is 0 Å². The minimum atomic E-state index is -0.421. The van der Waals surface area contributed by atoms with Crippen LogP contribution in [0.1, 0.15) is 17.3 Å². The van der Waals surface area contributed by atoms with Gasteiger partial charge in [0.1, 0.15) is 28.4 Å². The highest BCUT2D eigenvalue weighted by Crippen LogP contribution is 2.36. The summed E-state index contributed by atoms with van der Waals surface area (Å²) in [6.45, 7) is 2.06. The topological polar surface area (TPSA) is 57.9 Å². The molecular formula is C19H18O5. The maximum Gasteiger partial charge on any atom is 0.342 e. The highest BCUT2D eigenvalue weighted by atomic mass is 16.5. The zero-order valence-corrected chi connectivity index (χ0v) is 13.8. The summed E-state index contributed by atoms with van der Waals surface area (Å²) in [5.41, 5.74) is 1.77. The predicted molar refractivity (Wildman–Crippen MR) is 90.7 cm³/mol. The number of furan rings is 1.